The molecule has 2 rings (SSSR count). The fourth-order valence-electron chi connectivity index (χ4n) is 2.97. The second-order valence-electron chi connectivity index (χ2n) is 5.48. The molecule has 1 heterocycles. The number of aliphatic carboxylic acids is 1. The molecule has 0 spiro atoms. The summed E-state index contributed by atoms with van der Waals surface area (Å²) < 4.78 is 3.71. The van der Waals surface area contributed by atoms with E-state index in [-0.39, 0.29) is 12.3 Å². The number of carboxylic acids is 1. The molecule has 0 radical (unpaired) electrons. The maximum atomic E-state index is 12.1. The van der Waals surface area contributed by atoms with Crippen molar-refractivity contribution in [3.63, 3.8) is 0 Å². The second kappa shape index (κ2) is 7.13. The van der Waals surface area contributed by atoms with Gasteiger partial charge >= 0.3 is 5.97 Å². The van der Waals surface area contributed by atoms with Crippen LogP contribution in [-0.2, 0) is 27.9 Å². The Bertz CT molecular complexity index is 729. The van der Waals surface area contributed by atoms with E-state index in [1.165, 1.54) is 0 Å². The predicted octanol–water partition coefficient (Wildman–Crippen LogP) is 1.61. The van der Waals surface area contributed by atoms with Crippen molar-refractivity contribution < 1.29 is 19.5 Å². The number of para-hydroxylation sites is 1. The van der Waals surface area contributed by atoms with Gasteiger partial charge in [0.25, 0.3) is 5.91 Å². The largest absolute Gasteiger partial charge is 0.481 e. The summed E-state index contributed by atoms with van der Waals surface area (Å²) in [6, 6.07) is 5.20. The average Bonchev–Trinajstić information content (AvgIpc) is 2.51. The molecule has 0 saturated heterocycles. The van der Waals surface area contributed by atoms with Gasteiger partial charge in [0.15, 0.2) is 0 Å². The van der Waals surface area contributed by atoms with Crippen LogP contribution in [0.1, 0.15) is 37.8 Å². The zero-order chi connectivity index (χ0) is 17.0. The molecule has 1 aromatic heterocycles. The predicted molar refractivity (Wildman–Crippen MR) is 85.0 cm³/mol. The van der Waals surface area contributed by atoms with Crippen LogP contribution in [-0.4, -0.2) is 32.8 Å². The molecule has 0 saturated carbocycles. The Morgan fingerprint density at radius 1 is 1.39 bits per heavy atom. The number of aromatic nitrogens is 2. The fourth-order valence-corrected chi connectivity index (χ4v) is 2.97. The lowest BCUT2D eigenvalue weighted by atomic mass is 10.0. The summed E-state index contributed by atoms with van der Waals surface area (Å²) in [5.41, 5.74) is 2.76. The normalized spacial score (nSPS) is 12.3. The summed E-state index contributed by atoms with van der Waals surface area (Å²) in [5, 5.41) is 11.1. The van der Waals surface area contributed by atoms with E-state index in [2.05, 4.69) is 5.32 Å². The maximum absolute atomic E-state index is 12.1. The molecule has 0 aliphatic rings. The number of nitrogens with one attached hydrogen (secondary N) is 1. The number of carboxylic acid groups (broad SMARTS) is 1. The minimum atomic E-state index is -0.837. The highest BCUT2D eigenvalue weighted by molar-refractivity contribution is 5.91. The highest BCUT2D eigenvalue weighted by atomic mass is 16.4. The Labute approximate surface area is 133 Å². The number of imide groups is 1. The van der Waals surface area contributed by atoms with E-state index in [0.717, 1.165) is 23.0 Å². The number of benzene rings is 1. The van der Waals surface area contributed by atoms with E-state index in [4.69, 9.17) is 5.11 Å². The topological polar surface area (TPSA) is 93.3 Å². The number of hydrogen-bond acceptors (Lipinski definition) is 3. The summed E-state index contributed by atoms with van der Waals surface area (Å²) >= 11 is 0. The number of fused-ring (bicyclic) bond motifs is 1. The van der Waals surface area contributed by atoms with Crippen LogP contribution in [0.25, 0.3) is 11.0 Å². The Morgan fingerprint density at radius 2 is 2.13 bits per heavy atom. The molecule has 2 N–H and O–H groups in total. The van der Waals surface area contributed by atoms with Gasteiger partial charge in [-0.2, -0.15) is 0 Å². The standard InChI is InChI=1S/C16H21N3O4/c1-3-5-13(16(23)17-10-20)19-12-7-4-6-11(8-9-14(21)22)15(12)18(19)2/h4,6-7,10,13H,3,5,8-9H2,1-2H3,(H,21,22)(H,17,20,23). The SMILES string of the molecule is CCCC(C(=O)NC=O)n1c2cccc(CCC(=O)O)c2n1C. The molecule has 23 heavy (non-hydrogen) atoms. The minimum Gasteiger partial charge on any atom is -0.481 e. The first-order chi connectivity index (χ1) is 11.0. The number of nitrogens with zero attached hydrogens (tertiary/aromatic N) is 2. The molecule has 7 heteroatoms. The van der Waals surface area contributed by atoms with Crippen LogP contribution in [0, 0.1) is 0 Å². The van der Waals surface area contributed by atoms with Crippen LogP contribution < -0.4 is 5.32 Å². The fraction of sp³-hybridized carbons (Fsp3) is 0.438. The lowest BCUT2D eigenvalue weighted by Gasteiger charge is -2.31. The lowest BCUT2D eigenvalue weighted by Crippen LogP contribution is -2.37. The van der Waals surface area contributed by atoms with Crippen molar-refractivity contribution in [3.05, 3.63) is 23.8 Å². The van der Waals surface area contributed by atoms with Crippen LogP contribution in [0.3, 0.4) is 0 Å². The van der Waals surface area contributed by atoms with E-state index in [0.29, 0.717) is 19.3 Å². The molecule has 0 bridgehead atoms. The number of hydrogen-bond donors (Lipinski definition) is 2. The first-order valence-corrected chi connectivity index (χ1v) is 7.61. The first-order valence-electron chi connectivity index (χ1n) is 7.61. The Balaban J connectivity index is 2.39. The number of rotatable bonds is 8. The molecule has 1 atom stereocenters. The highest BCUT2D eigenvalue weighted by Gasteiger charge is 2.26. The zero-order valence-corrected chi connectivity index (χ0v) is 13.3. The van der Waals surface area contributed by atoms with Gasteiger partial charge in [-0.05, 0) is 24.5 Å². The number of aryl methyl sites for hydroxylation is 2. The van der Waals surface area contributed by atoms with E-state index in [9.17, 15) is 14.4 Å². The number of carbonyl (C=O) groups excluding carboxylic acids is 2. The molecule has 0 aliphatic carbocycles. The average molecular weight is 319 g/mol. The van der Waals surface area contributed by atoms with Gasteiger partial charge in [0, 0.05) is 13.5 Å². The van der Waals surface area contributed by atoms with Gasteiger partial charge in [0.2, 0.25) is 6.41 Å². The van der Waals surface area contributed by atoms with Crippen LogP contribution in [0.4, 0.5) is 0 Å². The molecule has 7 nitrogen and oxygen atoms in total. The van der Waals surface area contributed by atoms with E-state index < -0.39 is 12.0 Å². The third-order valence-corrected chi connectivity index (χ3v) is 3.96. The monoisotopic (exact) mass is 319 g/mol. The molecule has 1 unspecified atom stereocenters. The van der Waals surface area contributed by atoms with Gasteiger partial charge in [-0.25, -0.2) is 0 Å². The van der Waals surface area contributed by atoms with Crippen molar-refractivity contribution in [1.82, 2.24) is 14.7 Å². The van der Waals surface area contributed by atoms with Crippen molar-refractivity contribution in [1.29, 1.82) is 0 Å². The zero-order valence-electron chi connectivity index (χ0n) is 13.3. The number of carbonyl (C=O) groups is 3. The third kappa shape index (κ3) is 3.28. The Hall–Kier alpha value is -2.57. The van der Waals surface area contributed by atoms with E-state index in [1.54, 1.807) is 0 Å². The van der Waals surface area contributed by atoms with Crippen LogP contribution in [0.2, 0.25) is 0 Å². The molecule has 2 amide bonds. The molecule has 124 valence electrons. The van der Waals surface area contributed by atoms with Crippen LogP contribution in [0.15, 0.2) is 18.2 Å². The van der Waals surface area contributed by atoms with Crippen molar-refractivity contribution >= 4 is 29.3 Å². The van der Waals surface area contributed by atoms with E-state index in [1.807, 2.05) is 41.5 Å². The smallest absolute Gasteiger partial charge is 0.303 e. The van der Waals surface area contributed by atoms with Crippen molar-refractivity contribution in [3.8, 4) is 0 Å². The molecule has 0 fully saturated rings. The first kappa shape index (κ1) is 16.8. The Morgan fingerprint density at radius 3 is 2.74 bits per heavy atom. The molecule has 1 aromatic carbocycles. The van der Waals surface area contributed by atoms with Crippen LogP contribution >= 0.6 is 0 Å². The molecule has 2 aromatic rings. The summed E-state index contributed by atoms with van der Waals surface area (Å²) in [6.07, 6.45) is 2.32. The van der Waals surface area contributed by atoms with Gasteiger partial charge < -0.3 is 5.11 Å². The summed E-state index contributed by atoms with van der Waals surface area (Å²) in [7, 11) is 1.84. The van der Waals surface area contributed by atoms with Gasteiger partial charge in [-0.3, -0.25) is 29.1 Å². The van der Waals surface area contributed by atoms with Crippen molar-refractivity contribution in [2.45, 2.75) is 38.6 Å². The van der Waals surface area contributed by atoms with Crippen LogP contribution in [0.5, 0.6) is 0 Å². The lowest BCUT2D eigenvalue weighted by molar-refractivity contribution is -0.137. The second-order valence-corrected chi connectivity index (χ2v) is 5.48. The summed E-state index contributed by atoms with van der Waals surface area (Å²) in [6.45, 7) is 1.98. The highest BCUT2D eigenvalue weighted by Crippen LogP contribution is 2.29. The van der Waals surface area contributed by atoms with E-state index >= 15 is 0 Å². The van der Waals surface area contributed by atoms with Gasteiger partial charge in [0.1, 0.15) is 6.04 Å². The Kier molecular flexibility index (Phi) is 5.20. The summed E-state index contributed by atoms with van der Waals surface area (Å²) in [5.74, 6) is -1.18. The van der Waals surface area contributed by atoms with Gasteiger partial charge in [-0.15, -0.1) is 0 Å². The molecule has 0 aliphatic heterocycles. The van der Waals surface area contributed by atoms with Crippen molar-refractivity contribution in [2.75, 3.05) is 0 Å². The van der Waals surface area contributed by atoms with Crippen molar-refractivity contribution in [2.24, 2.45) is 7.05 Å². The molecular weight excluding hydrogens is 298 g/mol. The summed E-state index contributed by atoms with van der Waals surface area (Å²) in [4.78, 5) is 33.5. The maximum Gasteiger partial charge on any atom is 0.303 e. The molecular formula is C16H21N3O4. The van der Waals surface area contributed by atoms with Gasteiger partial charge in [0.05, 0.1) is 11.0 Å². The third-order valence-electron chi connectivity index (χ3n) is 3.96. The number of amides is 2. The minimum absolute atomic E-state index is 0.0638. The van der Waals surface area contributed by atoms with Gasteiger partial charge in [-0.1, -0.05) is 25.5 Å². The quantitative estimate of drug-likeness (QED) is 0.723.